The highest BCUT2D eigenvalue weighted by atomic mass is 32.2. The number of carbonyl (C=O) groups is 2. The predicted molar refractivity (Wildman–Crippen MR) is 124 cm³/mol. The molecule has 0 unspecified atom stereocenters. The third-order valence-electron chi connectivity index (χ3n) is 5.32. The summed E-state index contributed by atoms with van der Waals surface area (Å²) >= 11 is 0. The minimum atomic E-state index is -3.47. The predicted octanol–water partition coefficient (Wildman–Crippen LogP) is 1.14. The highest BCUT2D eigenvalue weighted by Gasteiger charge is 2.32. The maximum atomic E-state index is 11.8. The van der Waals surface area contributed by atoms with Gasteiger partial charge in [0.05, 0.1) is 37.6 Å². The Kier molecular flexibility index (Phi) is 6.66. The summed E-state index contributed by atoms with van der Waals surface area (Å²) in [6.45, 7) is 2.91. The number of nitrogens with zero attached hydrogens (tertiary/aromatic N) is 3. The summed E-state index contributed by atoms with van der Waals surface area (Å²) in [6.07, 6.45) is 0. The van der Waals surface area contributed by atoms with Crippen molar-refractivity contribution in [3.8, 4) is 0 Å². The van der Waals surface area contributed by atoms with E-state index in [9.17, 15) is 36.5 Å². The number of benzene rings is 2. The Bertz CT molecular complexity index is 1400. The third kappa shape index (κ3) is 4.87. The van der Waals surface area contributed by atoms with Gasteiger partial charge in [0, 0.05) is 44.8 Å². The number of non-ortho nitro benzene ring substituents is 1. The number of rotatable bonds is 1. The maximum Gasteiger partial charge on any atom is 0.271 e. The summed E-state index contributed by atoms with van der Waals surface area (Å²) in [4.78, 5) is 35.7. The zero-order chi connectivity index (χ0) is 25.4. The minimum absolute atomic E-state index is 0.0197. The van der Waals surface area contributed by atoms with Crippen LogP contribution in [0.2, 0.25) is 0 Å². The van der Waals surface area contributed by atoms with Gasteiger partial charge < -0.3 is 15.5 Å². The number of nitro benzene ring substituents is 1. The molecular weight excluding hydrogens is 488 g/mol. The highest BCUT2D eigenvalue weighted by Crippen LogP contribution is 2.34. The molecule has 0 atom stereocenters. The van der Waals surface area contributed by atoms with Gasteiger partial charge in [0.15, 0.2) is 19.7 Å². The Labute approximate surface area is 195 Å². The van der Waals surface area contributed by atoms with Crippen molar-refractivity contribution in [1.82, 2.24) is 0 Å². The van der Waals surface area contributed by atoms with Gasteiger partial charge in [-0.15, -0.1) is 0 Å². The van der Waals surface area contributed by atoms with E-state index in [-0.39, 0.29) is 57.6 Å². The van der Waals surface area contributed by atoms with Gasteiger partial charge in [-0.25, -0.2) is 16.8 Å². The van der Waals surface area contributed by atoms with Crippen molar-refractivity contribution in [2.24, 2.45) is 0 Å². The number of anilines is 3. The van der Waals surface area contributed by atoms with Gasteiger partial charge in [-0.3, -0.25) is 19.7 Å². The molecule has 0 fully saturated rings. The second kappa shape index (κ2) is 9.02. The number of hydrogen-bond acceptors (Lipinski definition) is 9. The standard InChI is InChI=1S/C10H10N2O5S.C10H12N2O3S/c1-7(13)11-4-5-18(16,17)10-3-2-8(12(14)15)6-9(10)11;1-7(13)12-4-5-16(14,15)10-3-2-8(11)6-9(10)12/h2-3,6H,4-5H2,1H3;2-3,6H,4-5,11H2,1H3. The van der Waals surface area contributed by atoms with Crippen LogP contribution in [0.3, 0.4) is 0 Å². The molecule has 2 heterocycles. The maximum absolute atomic E-state index is 11.8. The van der Waals surface area contributed by atoms with E-state index in [0.717, 1.165) is 12.1 Å². The van der Waals surface area contributed by atoms with Crippen molar-refractivity contribution in [3.63, 3.8) is 0 Å². The van der Waals surface area contributed by atoms with E-state index >= 15 is 0 Å². The van der Waals surface area contributed by atoms with Crippen molar-refractivity contribution in [2.75, 3.05) is 40.1 Å². The average molecular weight is 511 g/mol. The first kappa shape index (κ1) is 25.1. The van der Waals surface area contributed by atoms with Crippen molar-refractivity contribution in [2.45, 2.75) is 23.6 Å². The third-order valence-corrected chi connectivity index (χ3v) is 8.79. The lowest BCUT2D eigenvalue weighted by Gasteiger charge is -2.28. The monoisotopic (exact) mass is 510 g/mol. The van der Waals surface area contributed by atoms with Crippen LogP contribution in [-0.4, -0.2) is 58.2 Å². The first-order valence-corrected chi connectivity index (χ1v) is 13.2. The van der Waals surface area contributed by atoms with E-state index in [0.29, 0.717) is 11.4 Å². The summed E-state index contributed by atoms with van der Waals surface area (Å²) in [5, 5.41) is 10.7. The van der Waals surface area contributed by atoms with Gasteiger partial charge in [-0.1, -0.05) is 0 Å². The molecule has 4 rings (SSSR count). The minimum Gasteiger partial charge on any atom is -0.399 e. The largest absolute Gasteiger partial charge is 0.399 e. The van der Waals surface area contributed by atoms with Crippen LogP contribution in [0, 0.1) is 10.1 Å². The Morgan fingerprint density at radius 1 is 0.853 bits per heavy atom. The van der Waals surface area contributed by atoms with Crippen LogP contribution < -0.4 is 15.5 Å². The molecule has 2 aliphatic heterocycles. The quantitative estimate of drug-likeness (QED) is 0.334. The van der Waals surface area contributed by atoms with Crippen molar-refractivity contribution in [3.05, 3.63) is 46.5 Å². The zero-order valence-corrected chi connectivity index (χ0v) is 19.9. The van der Waals surface area contributed by atoms with E-state index in [2.05, 4.69) is 0 Å². The second-order valence-corrected chi connectivity index (χ2v) is 11.8. The van der Waals surface area contributed by atoms with Crippen molar-refractivity contribution >= 4 is 54.2 Å². The van der Waals surface area contributed by atoms with Gasteiger partial charge in [0.2, 0.25) is 11.8 Å². The second-order valence-electron chi connectivity index (χ2n) is 7.62. The number of nitrogen functional groups attached to an aromatic ring is 1. The topological polar surface area (TPSA) is 178 Å². The molecule has 2 aliphatic rings. The molecule has 2 amide bonds. The molecule has 34 heavy (non-hydrogen) atoms. The van der Waals surface area contributed by atoms with Crippen molar-refractivity contribution in [1.29, 1.82) is 0 Å². The molecule has 0 radical (unpaired) electrons. The average Bonchev–Trinajstić information content (AvgIpc) is 2.73. The SMILES string of the molecule is CC(=O)N1CCS(=O)(=O)c2ccc(N)cc21.CC(=O)N1CCS(=O)(=O)c2ccc([N+](=O)[O-])cc21. The van der Waals surface area contributed by atoms with Gasteiger partial charge in [-0.05, 0) is 24.3 Å². The Hall–Kier alpha value is -3.52. The number of nitro groups is 1. The molecule has 0 aromatic heterocycles. The normalized spacial score (nSPS) is 17.5. The molecular formula is C20H22N4O8S2. The van der Waals surface area contributed by atoms with E-state index < -0.39 is 24.6 Å². The highest BCUT2D eigenvalue weighted by molar-refractivity contribution is 7.92. The van der Waals surface area contributed by atoms with Gasteiger partial charge in [-0.2, -0.15) is 0 Å². The lowest BCUT2D eigenvalue weighted by atomic mass is 10.2. The molecule has 0 saturated heterocycles. The molecule has 0 aliphatic carbocycles. The van der Waals surface area contributed by atoms with Gasteiger partial charge >= 0.3 is 0 Å². The number of hydrogen-bond donors (Lipinski definition) is 1. The zero-order valence-electron chi connectivity index (χ0n) is 18.3. The molecule has 0 bridgehead atoms. The summed E-state index contributed by atoms with van der Waals surface area (Å²) < 4.78 is 47.2. The summed E-state index contributed by atoms with van der Waals surface area (Å²) in [6, 6.07) is 7.92. The first-order chi connectivity index (χ1) is 15.7. The molecule has 2 aromatic carbocycles. The Morgan fingerprint density at radius 2 is 1.29 bits per heavy atom. The molecule has 182 valence electrons. The van der Waals surface area contributed by atoms with Crippen LogP contribution in [0.25, 0.3) is 0 Å². The summed E-state index contributed by atoms with van der Waals surface area (Å²) in [7, 11) is -6.74. The fraction of sp³-hybridized carbons (Fsp3) is 0.300. The van der Waals surface area contributed by atoms with Crippen LogP contribution in [0.5, 0.6) is 0 Å². The van der Waals surface area contributed by atoms with E-state index in [1.165, 1.54) is 47.9 Å². The number of sulfone groups is 2. The van der Waals surface area contributed by atoms with Crippen LogP contribution in [0.1, 0.15) is 13.8 Å². The molecule has 0 saturated carbocycles. The van der Waals surface area contributed by atoms with E-state index in [4.69, 9.17) is 5.73 Å². The van der Waals surface area contributed by atoms with E-state index in [1.807, 2.05) is 0 Å². The lowest BCUT2D eigenvalue weighted by Crippen LogP contribution is -2.38. The molecule has 14 heteroatoms. The fourth-order valence-corrected chi connectivity index (χ4v) is 6.45. The number of amides is 2. The van der Waals surface area contributed by atoms with E-state index in [1.54, 1.807) is 0 Å². The summed E-state index contributed by atoms with van der Waals surface area (Å²) in [5.41, 5.74) is 6.28. The van der Waals surface area contributed by atoms with Gasteiger partial charge in [0.1, 0.15) is 0 Å². The lowest BCUT2D eigenvalue weighted by molar-refractivity contribution is -0.384. The summed E-state index contributed by atoms with van der Waals surface area (Å²) in [5.74, 6) is -0.727. The van der Waals surface area contributed by atoms with Crippen molar-refractivity contribution < 1.29 is 31.3 Å². The van der Waals surface area contributed by atoms with Crippen LogP contribution in [0.15, 0.2) is 46.2 Å². The Balaban J connectivity index is 0.000000192. The Morgan fingerprint density at radius 3 is 1.74 bits per heavy atom. The molecule has 0 spiro atoms. The van der Waals surface area contributed by atoms with Crippen LogP contribution in [-0.2, 0) is 29.3 Å². The first-order valence-electron chi connectivity index (χ1n) is 9.94. The number of nitrogens with two attached hydrogens (primary N) is 1. The molecule has 2 aromatic rings. The number of fused-ring (bicyclic) bond motifs is 2. The van der Waals surface area contributed by atoms with Crippen LogP contribution in [0.4, 0.5) is 22.7 Å². The van der Waals surface area contributed by atoms with Gasteiger partial charge in [0.25, 0.3) is 5.69 Å². The number of carbonyl (C=O) groups excluding carboxylic acids is 2. The molecule has 2 N–H and O–H groups in total. The van der Waals surface area contributed by atoms with Crippen LogP contribution >= 0.6 is 0 Å². The smallest absolute Gasteiger partial charge is 0.271 e. The fourth-order valence-electron chi connectivity index (χ4n) is 3.64. The molecule has 12 nitrogen and oxygen atoms in total.